The SMILES string of the molecule is Cc1cc([N+](=O)[O-])cc(C)c1S(=O)(=O)NC1CCCNC1C. The number of piperidine rings is 1. The minimum atomic E-state index is -3.71. The second-order valence-electron chi connectivity index (χ2n) is 5.78. The number of nitro groups is 1. The van der Waals surface area contributed by atoms with Crippen molar-refractivity contribution < 1.29 is 13.3 Å². The summed E-state index contributed by atoms with van der Waals surface area (Å²) >= 11 is 0. The molecule has 0 saturated carbocycles. The fourth-order valence-corrected chi connectivity index (χ4v) is 4.72. The zero-order valence-corrected chi connectivity index (χ0v) is 13.7. The first-order valence-corrected chi connectivity index (χ1v) is 8.72. The average molecular weight is 327 g/mol. The van der Waals surface area contributed by atoms with Crippen molar-refractivity contribution in [2.24, 2.45) is 0 Å². The van der Waals surface area contributed by atoms with Crippen LogP contribution >= 0.6 is 0 Å². The average Bonchev–Trinajstić information content (AvgIpc) is 2.39. The number of non-ortho nitro benzene ring substituents is 1. The molecule has 1 fully saturated rings. The predicted octanol–water partition coefficient (Wildman–Crippen LogP) is 1.63. The predicted molar refractivity (Wildman–Crippen MR) is 83.4 cm³/mol. The Hall–Kier alpha value is -1.51. The lowest BCUT2D eigenvalue weighted by Crippen LogP contribution is -2.51. The van der Waals surface area contributed by atoms with Crippen molar-refractivity contribution >= 4 is 15.7 Å². The summed E-state index contributed by atoms with van der Waals surface area (Å²) in [5.74, 6) is 0. The van der Waals surface area contributed by atoms with Crippen molar-refractivity contribution in [1.29, 1.82) is 0 Å². The first-order valence-electron chi connectivity index (χ1n) is 7.23. The number of sulfonamides is 1. The van der Waals surface area contributed by atoms with Crippen LogP contribution in [0.15, 0.2) is 17.0 Å². The fraction of sp³-hybridized carbons (Fsp3) is 0.571. The molecule has 1 aliphatic rings. The summed E-state index contributed by atoms with van der Waals surface area (Å²) in [6.45, 7) is 5.99. The van der Waals surface area contributed by atoms with E-state index in [1.807, 2.05) is 6.92 Å². The van der Waals surface area contributed by atoms with Gasteiger partial charge in [-0.25, -0.2) is 13.1 Å². The molecule has 8 heteroatoms. The van der Waals surface area contributed by atoms with E-state index in [2.05, 4.69) is 10.0 Å². The van der Waals surface area contributed by atoms with Crippen molar-refractivity contribution in [3.8, 4) is 0 Å². The summed E-state index contributed by atoms with van der Waals surface area (Å²) in [5, 5.41) is 14.1. The molecule has 2 N–H and O–H groups in total. The number of nitrogens with zero attached hydrogens (tertiary/aromatic N) is 1. The molecule has 1 heterocycles. The third-order valence-electron chi connectivity index (χ3n) is 3.99. The molecule has 0 radical (unpaired) electrons. The van der Waals surface area contributed by atoms with E-state index in [-0.39, 0.29) is 22.7 Å². The van der Waals surface area contributed by atoms with Gasteiger partial charge in [0.2, 0.25) is 10.0 Å². The molecule has 22 heavy (non-hydrogen) atoms. The maximum atomic E-state index is 12.7. The van der Waals surface area contributed by atoms with Gasteiger partial charge in [0.15, 0.2) is 0 Å². The van der Waals surface area contributed by atoms with Gasteiger partial charge in [0.05, 0.1) is 9.82 Å². The van der Waals surface area contributed by atoms with Crippen molar-refractivity contribution in [1.82, 2.24) is 10.0 Å². The Balaban J connectivity index is 2.35. The van der Waals surface area contributed by atoms with Gasteiger partial charge in [0.1, 0.15) is 0 Å². The maximum Gasteiger partial charge on any atom is 0.270 e. The molecule has 0 spiro atoms. The normalized spacial score (nSPS) is 22.5. The molecule has 122 valence electrons. The number of nitro benzene ring substituents is 1. The first-order chi connectivity index (χ1) is 10.2. The van der Waals surface area contributed by atoms with Crippen LogP contribution in [0.2, 0.25) is 0 Å². The molecule has 1 aliphatic heterocycles. The molecule has 2 rings (SSSR count). The largest absolute Gasteiger partial charge is 0.313 e. The molecular weight excluding hydrogens is 306 g/mol. The summed E-state index contributed by atoms with van der Waals surface area (Å²) < 4.78 is 28.1. The highest BCUT2D eigenvalue weighted by molar-refractivity contribution is 7.89. The number of benzene rings is 1. The summed E-state index contributed by atoms with van der Waals surface area (Å²) in [5.41, 5.74) is 0.674. The van der Waals surface area contributed by atoms with E-state index >= 15 is 0 Å². The highest BCUT2D eigenvalue weighted by atomic mass is 32.2. The maximum absolute atomic E-state index is 12.7. The van der Waals surface area contributed by atoms with Crippen LogP contribution in [-0.2, 0) is 10.0 Å². The zero-order valence-electron chi connectivity index (χ0n) is 12.9. The van der Waals surface area contributed by atoms with Gasteiger partial charge in [-0.1, -0.05) is 0 Å². The molecule has 1 aromatic rings. The van der Waals surface area contributed by atoms with Gasteiger partial charge in [0.25, 0.3) is 5.69 Å². The molecule has 7 nitrogen and oxygen atoms in total. The lowest BCUT2D eigenvalue weighted by atomic mass is 10.0. The Kier molecular flexibility index (Phi) is 4.84. The Morgan fingerprint density at radius 3 is 2.41 bits per heavy atom. The van der Waals surface area contributed by atoms with Crippen LogP contribution in [0.25, 0.3) is 0 Å². The third kappa shape index (κ3) is 3.45. The molecule has 2 unspecified atom stereocenters. The first kappa shape index (κ1) is 16.9. The van der Waals surface area contributed by atoms with Gasteiger partial charge in [-0.15, -0.1) is 0 Å². The number of nitrogens with one attached hydrogen (secondary N) is 2. The summed E-state index contributed by atoms with van der Waals surface area (Å²) in [4.78, 5) is 10.5. The molecule has 0 bridgehead atoms. The zero-order chi connectivity index (χ0) is 16.5. The van der Waals surface area contributed by atoms with Crippen LogP contribution < -0.4 is 10.0 Å². The molecule has 1 saturated heterocycles. The summed E-state index contributed by atoms with van der Waals surface area (Å²) in [6.07, 6.45) is 1.69. The highest BCUT2D eigenvalue weighted by Crippen LogP contribution is 2.26. The van der Waals surface area contributed by atoms with Crippen LogP contribution in [0.5, 0.6) is 0 Å². The number of hydrogen-bond acceptors (Lipinski definition) is 5. The molecule has 1 aromatic carbocycles. The lowest BCUT2D eigenvalue weighted by molar-refractivity contribution is -0.385. The van der Waals surface area contributed by atoms with Crippen molar-refractivity contribution in [2.45, 2.75) is 50.6 Å². The van der Waals surface area contributed by atoms with E-state index in [4.69, 9.17) is 0 Å². The molecule has 0 amide bonds. The van der Waals surface area contributed by atoms with E-state index in [9.17, 15) is 18.5 Å². The molecule has 0 aliphatic carbocycles. The second-order valence-corrected chi connectivity index (χ2v) is 7.43. The lowest BCUT2D eigenvalue weighted by Gasteiger charge is -2.30. The van der Waals surface area contributed by atoms with Crippen LogP contribution in [0.3, 0.4) is 0 Å². The van der Waals surface area contributed by atoms with Crippen LogP contribution in [0, 0.1) is 24.0 Å². The van der Waals surface area contributed by atoms with Gasteiger partial charge in [0, 0.05) is 24.2 Å². The van der Waals surface area contributed by atoms with Gasteiger partial charge in [-0.3, -0.25) is 10.1 Å². The number of aryl methyl sites for hydroxylation is 2. The van der Waals surface area contributed by atoms with E-state index in [0.717, 1.165) is 19.4 Å². The van der Waals surface area contributed by atoms with Crippen molar-refractivity contribution in [3.05, 3.63) is 33.4 Å². The smallest absolute Gasteiger partial charge is 0.270 e. The minimum absolute atomic E-state index is 0.0576. The monoisotopic (exact) mass is 327 g/mol. The van der Waals surface area contributed by atoms with Crippen molar-refractivity contribution in [3.63, 3.8) is 0 Å². The van der Waals surface area contributed by atoms with E-state index < -0.39 is 14.9 Å². The number of rotatable bonds is 4. The fourth-order valence-electron chi connectivity index (χ4n) is 2.92. The number of hydrogen-bond donors (Lipinski definition) is 2. The second kappa shape index (κ2) is 6.31. The van der Waals surface area contributed by atoms with Gasteiger partial charge in [-0.2, -0.15) is 0 Å². The summed E-state index contributed by atoms with van der Waals surface area (Å²) in [7, 11) is -3.71. The standard InChI is InChI=1S/C14H21N3O4S/c1-9-7-12(17(18)19)8-10(2)14(9)22(20,21)16-13-5-4-6-15-11(13)3/h7-8,11,13,15-16H,4-6H2,1-3H3. The Morgan fingerprint density at radius 1 is 1.32 bits per heavy atom. The third-order valence-corrected chi connectivity index (χ3v) is 5.79. The Morgan fingerprint density at radius 2 is 1.91 bits per heavy atom. The van der Waals surface area contributed by atoms with Crippen LogP contribution in [0.4, 0.5) is 5.69 Å². The van der Waals surface area contributed by atoms with Crippen molar-refractivity contribution in [2.75, 3.05) is 6.54 Å². The van der Waals surface area contributed by atoms with Gasteiger partial charge >= 0.3 is 0 Å². The molecule has 0 aromatic heterocycles. The van der Waals surface area contributed by atoms with E-state index in [1.165, 1.54) is 12.1 Å². The Labute approximate surface area is 130 Å². The quantitative estimate of drug-likeness (QED) is 0.646. The van der Waals surface area contributed by atoms with Crippen LogP contribution in [0.1, 0.15) is 30.9 Å². The minimum Gasteiger partial charge on any atom is -0.313 e. The highest BCUT2D eigenvalue weighted by Gasteiger charge is 2.29. The topological polar surface area (TPSA) is 101 Å². The van der Waals surface area contributed by atoms with Gasteiger partial charge < -0.3 is 5.32 Å². The van der Waals surface area contributed by atoms with E-state index in [1.54, 1.807) is 13.8 Å². The van der Waals surface area contributed by atoms with Gasteiger partial charge in [-0.05, 0) is 51.3 Å². The molecular formula is C14H21N3O4S. The van der Waals surface area contributed by atoms with Crippen LogP contribution in [-0.4, -0.2) is 32.0 Å². The van der Waals surface area contributed by atoms with E-state index in [0.29, 0.717) is 11.1 Å². The molecule has 2 atom stereocenters. The Bertz CT molecular complexity index is 664. The summed E-state index contributed by atoms with van der Waals surface area (Å²) in [6, 6.07) is 2.48.